The third kappa shape index (κ3) is 5.32. The summed E-state index contributed by atoms with van der Waals surface area (Å²) >= 11 is 0.898. The van der Waals surface area contributed by atoms with E-state index in [-0.39, 0.29) is 11.1 Å². The molecule has 1 aliphatic heterocycles. The molecule has 0 radical (unpaired) electrons. The van der Waals surface area contributed by atoms with Crippen LogP contribution in [0.5, 0.6) is 5.75 Å². The lowest BCUT2D eigenvalue weighted by Crippen LogP contribution is -2.17. The molecule has 2 aromatic carbocycles. The molecule has 4 rings (SSSR count). The van der Waals surface area contributed by atoms with Crippen LogP contribution in [0.1, 0.15) is 17.0 Å². The first kappa shape index (κ1) is 20.7. The Bertz CT molecular complexity index is 1150. The molecule has 2 amide bonds. The van der Waals surface area contributed by atoms with Gasteiger partial charge in [-0.25, -0.2) is 4.98 Å². The number of nitrogens with zero attached hydrogens (tertiary/aromatic N) is 1. The number of rotatable bonds is 7. The first-order valence-electron chi connectivity index (χ1n) is 9.74. The number of aromatic nitrogens is 1. The van der Waals surface area contributed by atoms with E-state index >= 15 is 0 Å². The molecule has 156 valence electrons. The Kier molecular flexibility index (Phi) is 6.33. The predicted octanol–water partition coefficient (Wildman–Crippen LogP) is 5.15. The number of allylic oxidation sites excluding steroid dienone is 2. The highest BCUT2D eigenvalue weighted by molar-refractivity contribution is 8.18. The summed E-state index contributed by atoms with van der Waals surface area (Å²) in [7, 11) is 0. The fourth-order valence-corrected chi connectivity index (χ4v) is 3.62. The molecular weight excluding hydrogens is 412 g/mol. The van der Waals surface area contributed by atoms with Gasteiger partial charge in [0.1, 0.15) is 11.5 Å². The van der Waals surface area contributed by atoms with Crippen molar-refractivity contribution in [3.05, 3.63) is 88.7 Å². The van der Waals surface area contributed by atoms with Crippen molar-refractivity contribution >= 4 is 29.0 Å². The third-order valence-electron chi connectivity index (χ3n) is 4.58. The normalized spacial score (nSPS) is 15.1. The van der Waals surface area contributed by atoms with Crippen LogP contribution in [-0.2, 0) is 11.2 Å². The minimum Gasteiger partial charge on any atom is -0.493 e. The van der Waals surface area contributed by atoms with Crippen molar-refractivity contribution in [1.29, 1.82) is 0 Å². The molecule has 0 saturated carbocycles. The van der Waals surface area contributed by atoms with Crippen molar-refractivity contribution < 1.29 is 18.7 Å². The molecule has 0 unspecified atom stereocenters. The number of hydrogen-bond donors (Lipinski definition) is 1. The van der Waals surface area contributed by atoms with E-state index in [1.165, 1.54) is 0 Å². The summed E-state index contributed by atoms with van der Waals surface area (Å²) < 4.78 is 11.6. The topological polar surface area (TPSA) is 81.4 Å². The zero-order valence-electron chi connectivity index (χ0n) is 16.8. The molecule has 7 heteroatoms. The average molecular weight is 433 g/mol. The number of hydrogen-bond acceptors (Lipinski definition) is 6. The molecule has 3 aromatic rings. The van der Waals surface area contributed by atoms with E-state index in [0.717, 1.165) is 40.1 Å². The summed E-state index contributed by atoms with van der Waals surface area (Å²) in [6.45, 7) is 2.40. The van der Waals surface area contributed by atoms with E-state index in [0.29, 0.717) is 23.8 Å². The van der Waals surface area contributed by atoms with Gasteiger partial charge >= 0.3 is 0 Å². The van der Waals surface area contributed by atoms with Crippen molar-refractivity contribution in [3.8, 4) is 17.2 Å². The molecular formula is C24H20N2O4S. The van der Waals surface area contributed by atoms with Gasteiger partial charge in [-0.2, -0.15) is 0 Å². The lowest BCUT2D eigenvalue weighted by atomic mass is 10.2. The minimum atomic E-state index is -0.360. The maximum Gasteiger partial charge on any atom is 0.290 e. The summed E-state index contributed by atoms with van der Waals surface area (Å²) in [5.74, 6) is 1.82. The van der Waals surface area contributed by atoms with E-state index in [2.05, 4.69) is 10.3 Å². The van der Waals surface area contributed by atoms with Crippen molar-refractivity contribution in [2.75, 3.05) is 6.61 Å². The molecule has 1 aliphatic rings. The van der Waals surface area contributed by atoms with Gasteiger partial charge in [-0.1, -0.05) is 42.5 Å². The number of amides is 2. The van der Waals surface area contributed by atoms with Crippen LogP contribution in [0.15, 0.2) is 76.1 Å². The van der Waals surface area contributed by atoms with Crippen LogP contribution in [0.25, 0.3) is 17.5 Å². The molecule has 0 spiro atoms. The number of thioether (sulfide) groups is 1. The maximum atomic E-state index is 11.5. The quantitative estimate of drug-likeness (QED) is 0.520. The molecule has 1 aromatic heterocycles. The van der Waals surface area contributed by atoms with Crippen LogP contribution in [0, 0.1) is 6.92 Å². The second-order valence-corrected chi connectivity index (χ2v) is 7.80. The van der Waals surface area contributed by atoms with Crippen LogP contribution >= 0.6 is 11.8 Å². The van der Waals surface area contributed by atoms with E-state index in [4.69, 9.17) is 9.15 Å². The lowest BCUT2D eigenvalue weighted by molar-refractivity contribution is -0.115. The van der Waals surface area contributed by atoms with Gasteiger partial charge in [-0.15, -0.1) is 0 Å². The first-order chi connectivity index (χ1) is 15.1. The highest BCUT2D eigenvalue weighted by Gasteiger charge is 2.24. The molecule has 6 nitrogen and oxygen atoms in total. The average Bonchev–Trinajstić information content (AvgIpc) is 3.31. The fraction of sp³-hybridized carbons (Fsp3) is 0.125. The Hall–Kier alpha value is -3.58. The Labute approximate surface area is 184 Å². The van der Waals surface area contributed by atoms with E-state index in [1.54, 1.807) is 12.2 Å². The summed E-state index contributed by atoms with van der Waals surface area (Å²) in [6, 6.07) is 17.4. The number of oxazole rings is 1. The van der Waals surface area contributed by atoms with Crippen molar-refractivity contribution in [2.45, 2.75) is 13.3 Å². The number of carbonyl (C=O) groups excluding carboxylic acids is 2. The number of imide groups is 1. The highest BCUT2D eigenvalue weighted by atomic mass is 32.2. The SMILES string of the molecule is Cc1oc(-c2ccccc2)nc1CCOc1ccc(/C=C/C=C2/SC(=O)NC2=O)cc1. The van der Waals surface area contributed by atoms with Crippen molar-refractivity contribution in [3.63, 3.8) is 0 Å². The molecule has 0 atom stereocenters. The van der Waals surface area contributed by atoms with Crippen LogP contribution < -0.4 is 10.1 Å². The highest BCUT2D eigenvalue weighted by Crippen LogP contribution is 2.24. The summed E-state index contributed by atoms with van der Waals surface area (Å²) in [5.41, 5.74) is 2.80. The Morgan fingerprint density at radius 1 is 1.10 bits per heavy atom. The van der Waals surface area contributed by atoms with Crippen LogP contribution in [0.3, 0.4) is 0 Å². The smallest absolute Gasteiger partial charge is 0.290 e. The number of carbonyl (C=O) groups is 2. The zero-order chi connectivity index (χ0) is 21.6. The molecule has 1 saturated heterocycles. The fourth-order valence-electron chi connectivity index (χ4n) is 2.99. The second-order valence-electron chi connectivity index (χ2n) is 6.79. The lowest BCUT2D eigenvalue weighted by Gasteiger charge is -2.05. The monoisotopic (exact) mass is 432 g/mol. The summed E-state index contributed by atoms with van der Waals surface area (Å²) in [4.78, 5) is 27.6. The van der Waals surface area contributed by atoms with Gasteiger partial charge in [0, 0.05) is 12.0 Å². The molecule has 1 fully saturated rings. The molecule has 0 bridgehead atoms. The van der Waals surface area contributed by atoms with Crippen molar-refractivity contribution in [1.82, 2.24) is 10.3 Å². The number of benzene rings is 2. The number of ether oxygens (including phenoxy) is 1. The zero-order valence-corrected chi connectivity index (χ0v) is 17.6. The van der Waals surface area contributed by atoms with Gasteiger partial charge in [0.15, 0.2) is 0 Å². The van der Waals surface area contributed by atoms with Gasteiger partial charge in [0.25, 0.3) is 11.1 Å². The number of aryl methyl sites for hydroxylation is 1. The number of nitrogens with one attached hydrogen (secondary N) is 1. The van der Waals surface area contributed by atoms with Gasteiger partial charge in [0.05, 0.1) is 17.2 Å². The Morgan fingerprint density at radius 2 is 1.87 bits per heavy atom. The van der Waals surface area contributed by atoms with Crippen LogP contribution in [0.4, 0.5) is 4.79 Å². The van der Waals surface area contributed by atoms with Crippen molar-refractivity contribution in [2.24, 2.45) is 0 Å². The Morgan fingerprint density at radius 3 is 2.58 bits per heavy atom. The van der Waals surface area contributed by atoms with Crippen LogP contribution in [-0.4, -0.2) is 22.7 Å². The van der Waals surface area contributed by atoms with Gasteiger partial charge in [-0.05, 0) is 54.6 Å². The largest absolute Gasteiger partial charge is 0.493 e. The molecule has 31 heavy (non-hydrogen) atoms. The van der Waals surface area contributed by atoms with E-state index < -0.39 is 0 Å². The molecule has 2 heterocycles. The molecule has 0 aliphatic carbocycles. The van der Waals surface area contributed by atoms with Gasteiger partial charge in [0.2, 0.25) is 5.89 Å². The van der Waals surface area contributed by atoms with E-state index in [1.807, 2.05) is 67.6 Å². The third-order valence-corrected chi connectivity index (χ3v) is 5.41. The first-order valence-corrected chi connectivity index (χ1v) is 10.6. The summed E-state index contributed by atoms with van der Waals surface area (Å²) in [6.07, 6.45) is 5.88. The second kappa shape index (κ2) is 9.49. The summed E-state index contributed by atoms with van der Waals surface area (Å²) in [5, 5.41) is 1.88. The standard InChI is InChI=1S/C24H20N2O4S/c1-16-20(25-23(30-16)18-7-3-2-4-8-18)14-15-29-19-12-10-17(11-13-19)6-5-9-21-22(27)26-24(28)31-21/h2-13H,14-15H2,1H3,(H,26,27,28)/b6-5+,21-9+. The molecule has 1 N–H and O–H groups in total. The maximum absolute atomic E-state index is 11.5. The minimum absolute atomic E-state index is 0.344. The van der Waals surface area contributed by atoms with E-state index in [9.17, 15) is 9.59 Å². The Balaban J connectivity index is 1.30. The van der Waals surface area contributed by atoms with Gasteiger partial charge < -0.3 is 9.15 Å². The van der Waals surface area contributed by atoms with Gasteiger partial charge in [-0.3, -0.25) is 14.9 Å². The predicted molar refractivity (Wildman–Crippen MR) is 121 cm³/mol. The van der Waals surface area contributed by atoms with Crippen LogP contribution in [0.2, 0.25) is 0 Å².